The van der Waals surface area contributed by atoms with Crippen LogP contribution in [0.4, 0.5) is 0 Å². The Balaban J connectivity index is 1.45. The van der Waals surface area contributed by atoms with E-state index in [4.69, 9.17) is 0 Å². The average Bonchev–Trinajstić information content (AvgIpc) is 3.28. The molecule has 1 aromatic heterocycles. The monoisotopic (exact) mass is 374 g/mol. The van der Waals surface area contributed by atoms with Crippen LogP contribution in [0.3, 0.4) is 0 Å². The smallest absolute Gasteiger partial charge is 0.320 e. The largest absolute Gasteiger partial charge is 0.480 e. The van der Waals surface area contributed by atoms with Crippen molar-refractivity contribution in [2.24, 2.45) is 11.3 Å². The van der Waals surface area contributed by atoms with Crippen molar-refractivity contribution in [3.63, 3.8) is 0 Å². The van der Waals surface area contributed by atoms with Crippen molar-refractivity contribution in [1.29, 1.82) is 0 Å². The number of aliphatic carboxylic acids is 1. The van der Waals surface area contributed by atoms with E-state index >= 15 is 0 Å². The van der Waals surface area contributed by atoms with E-state index in [-0.39, 0.29) is 11.3 Å². The molecule has 7 nitrogen and oxygen atoms in total. The van der Waals surface area contributed by atoms with E-state index in [0.29, 0.717) is 24.9 Å². The summed E-state index contributed by atoms with van der Waals surface area (Å²) >= 11 is 0. The van der Waals surface area contributed by atoms with Crippen molar-refractivity contribution in [3.05, 3.63) is 18.2 Å². The van der Waals surface area contributed by atoms with E-state index in [9.17, 15) is 14.7 Å². The molecule has 148 valence electrons. The Hall–Kier alpha value is -1.89. The molecule has 2 saturated heterocycles. The van der Waals surface area contributed by atoms with E-state index < -0.39 is 12.0 Å². The van der Waals surface area contributed by atoms with Crippen LogP contribution in [-0.2, 0) is 16.1 Å². The summed E-state index contributed by atoms with van der Waals surface area (Å²) in [4.78, 5) is 32.8. The summed E-state index contributed by atoms with van der Waals surface area (Å²) in [6.45, 7) is 7.11. The minimum Gasteiger partial charge on any atom is -0.480 e. The van der Waals surface area contributed by atoms with E-state index in [1.807, 2.05) is 11.1 Å². The number of imidazole rings is 1. The zero-order valence-electron chi connectivity index (χ0n) is 16.3. The molecule has 0 bridgehead atoms. The highest BCUT2D eigenvalue weighted by atomic mass is 16.4. The summed E-state index contributed by atoms with van der Waals surface area (Å²) in [5, 5.41) is 9.79. The van der Waals surface area contributed by atoms with Crippen LogP contribution in [0.5, 0.6) is 0 Å². The number of rotatable bonds is 5. The number of nitrogens with zero attached hydrogens (tertiary/aromatic N) is 4. The van der Waals surface area contributed by atoms with Gasteiger partial charge in [0.25, 0.3) is 0 Å². The first kappa shape index (κ1) is 18.5. The zero-order chi connectivity index (χ0) is 19.2. The normalized spacial score (nSPS) is 25.4. The molecule has 3 fully saturated rings. The summed E-state index contributed by atoms with van der Waals surface area (Å²) in [5.74, 6) is 0.759. The highest BCUT2D eigenvalue weighted by molar-refractivity contribution is 5.81. The molecule has 1 aliphatic carbocycles. The third-order valence-electron chi connectivity index (χ3n) is 6.60. The topological polar surface area (TPSA) is 78.7 Å². The van der Waals surface area contributed by atoms with Crippen molar-refractivity contribution < 1.29 is 14.7 Å². The van der Waals surface area contributed by atoms with Gasteiger partial charge in [-0.2, -0.15) is 0 Å². The summed E-state index contributed by atoms with van der Waals surface area (Å²) in [6.07, 6.45) is 8.32. The Morgan fingerprint density at radius 2 is 2.00 bits per heavy atom. The molecule has 3 heterocycles. The predicted molar refractivity (Wildman–Crippen MR) is 100 cm³/mol. The molecule has 4 rings (SSSR count). The lowest BCUT2D eigenvalue weighted by molar-refractivity contribution is -0.142. The molecular weight excluding hydrogens is 344 g/mol. The Labute approximate surface area is 160 Å². The summed E-state index contributed by atoms with van der Waals surface area (Å²) in [6, 6.07) is -0.160. The van der Waals surface area contributed by atoms with Crippen molar-refractivity contribution in [2.75, 3.05) is 19.6 Å². The average molecular weight is 374 g/mol. The fraction of sp³-hybridized carbons (Fsp3) is 0.750. The highest BCUT2D eigenvalue weighted by Gasteiger charge is 2.49. The molecule has 7 heteroatoms. The molecule has 1 amide bonds. The van der Waals surface area contributed by atoms with E-state index in [0.717, 1.165) is 51.1 Å². The maximum Gasteiger partial charge on any atom is 0.320 e. The molecule has 1 aromatic rings. The molecule has 3 aliphatic rings. The van der Waals surface area contributed by atoms with Crippen molar-refractivity contribution in [3.8, 4) is 0 Å². The summed E-state index contributed by atoms with van der Waals surface area (Å²) < 4.78 is 2.11. The van der Waals surface area contributed by atoms with Crippen molar-refractivity contribution >= 4 is 11.9 Å². The van der Waals surface area contributed by atoms with Crippen LogP contribution in [0.25, 0.3) is 0 Å². The molecule has 0 radical (unpaired) electrons. The number of carboxylic acid groups (broad SMARTS) is 1. The summed E-state index contributed by atoms with van der Waals surface area (Å²) in [5.41, 5.74) is 0.0125. The van der Waals surface area contributed by atoms with E-state index in [1.165, 1.54) is 0 Å². The van der Waals surface area contributed by atoms with Crippen LogP contribution in [0, 0.1) is 11.3 Å². The van der Waals surface area contributed by atoms with E-state index in [1.54, 1.807) is 6.20 Å². The Bertz CT molecular complexity index is 717. The quantitative estimate of drug-likeness (QED) is 0.854. The number of aromatic nitrogens is 2. The van der Waals surface area contributed by atoms with Crippen LogP contribution in [0.15, 0.2) is 12.4 Å². The molecule has 27 heavy (non-hydrogen) atoms. The fourth-order valence-corrected chi connectivity index (χ4v) is 4.82. The molecule has 1 N–H and O–H groups in total. The standard InChI is InChI=1S/C20H30N4O3/c1-14(2)24-10-7-21-17(24)12-23-13-20(11-16(23)19(26)27)5-8-22(9-6-20)18(25)15-3-4-15/h7,10,14-16H,3-6,8-9,11-13H2,1-2H3,(H,26,27)/t16-/m0/s1. The fourth-order valence-electron chi connectivity index (χ4n) is 4.82. The van der Waals surface area contributed by atoms with Crippen molar-refractivity contribution in [2.45, 2.75) is 64.6 Å². The Kier molecular flexibility index (Phi) is 4.74. The number of amides is 1. The van der Waals surface area contributed by atoms with Crippen molar-refractivity contribution in [1.82, 2.24) is 19.4 Å². The van der Waals surface area contributed by atoms with Crippen LogP contribution >= 0.6 is 0 Å². The molecule has 1 saturated carbocycles. The Morgan fingerprint density at radius 1 is 1.30 bits per heavy atom. The lowest BCUT2D eigenvalue weighted by atomic mass is 9.76. The highest BCUT2D eigenvalue weighted by Crippen LogP contribution is 2.45. The maximum atomic E-state index is 12.3. The second kappa shape index (κ2) is 6.93. The first-order valence-electron chi connectivity index (χ1n) is 10.2. The SMILES string of the molecule is CC(C)n1ccnc1CN1CC2(CCN(C(=O)C3CC3)CC2)C[C@H]1C(=O)O. The molecule has 2 aliphatic heterocycles. The van der Waals surface area contributed by atoms with Gasteiger partial charge in [0.2, 0.25) is 5.91 Å². The molecule has 1 spiro atoms. The molecule has 0 aromatic carbocycles. The molecule has 0 unspecified atom stereocenters. The number of piperidine rings is 1. The van der Waals surface area contributed by atoms with Crippen LogP contribution in [-0.4, -0.2) is 62.0 Å². The lowest BCUT2D eigenvalue weighted by Crippen LogP contribution is -2.44. The van der Waals surface area contributed by atoms with Gasteiger partial charge >= 0.3 is 5.97 Å². The third kappa shape index (κ3) is 3.61. The second-order valence-electron chi connectivity index (χ2n) is 8.91. The predicted octanol–water partition coefficient (Wildman–Crippen LogP) is 2.14. The minimum absolute atomic E-state index is 0.0125. The maximum absolute atomic E-state index is 12.3. The number of likely N-dealkylation sites (tertiary alicyclic amines) is 2. The van der Waals surface area contributed by atoms with Gasteiger partial charge in [-0.25, -0.2) is 4.98 Å². The van der Waals surface area contributed by atoms with Gasteiger partial charge in [-0.05, 0) is 51.4 Å². The number of carboxylic acids is 1. The minimum atomic E-state index is -0.744. The van der Waals surface area contributed by atoms with Crippen LogP contribution in [0.2, 0.25) is 0 Å². The Morgan fingerprint density at radius 3 is 2.59 bits per heavy atom. The number of carbonyl (C=O) groups excluding carboxylic acids is 1. The van der Waals surface area contributed by atoms with Gasteiger partial charge in [0.05, 0.1) is 6.54 Å². The third-order valence-corrected chi connectivity index (χ3v) is 6.60. The first-order valence-corrected chi connectivity index (χ1v) is 10.2. The van der Waals surface area contributed by atoms with Gasteiger partial charge in [-0.3, -0.25) is 14.5 Å². The number of carbonyl (C=O) groups is 2. The van der Waals surface area contributed by atoms with Gasteiger partial charge in [0.15, 0.2) is 0 Å². The van der Waals surface area contributed by atoms with Gasteiger partial charge in [0, 0.05) is 44.0 Å². The van der Waals surface area contributed by atoms with Gasteiger partial charge in [0.1, 0.15) is 11.9 Å². The van der Waals surface area contributed by atoms with Gasteiger partial charge < -0.3 is 14.6 Å². The van der Waals surface area contributed by atoms with E-state index in [2.05, 4.69) is 28.3 Å². The first-order chi connectivity index (χ1) is 12.9. The van der Waals surface area contributed by atoms with Crippen LogP contribution < -0.4 is 0 Å². The van der Waals surface area contributed by atoms with Gasteiger partial charge in [-0.15, -0.1) is 0 Å². The number of hydrogen-bond donors (Lipinski definition) is 1. The lowest BCUT2D eigenvalue weighted by Gasteiger charge is -2.39. The van der Waals surface area contributed by atoms with Gasteiger partial charge in [-0.1, -0.05) is 0 Å². The summed E-state index contributed by atoms with van der Waals surface area (Å²) in [7, 11) is 0. The second-order valence-corrected chi connectivity index (χ2v) is 8.91. The molecular formula is C20H30N4O3. The zero-order valence-corrected chi connectivity index (χ0v) is 16.3. The van der Waals surface area contributed by atoms with Crippen LogP contribution in [0.1, 0.15) is 57.8 Å². The molecule has 1 atom stereocenters. The number of hydrogen-bond acceptors (Lipinski definition) is 4.